The van der Waals surface area contributed by atoms with Crippen molar-refractivity contribution in [1.82, 2.24) is 4.98 Å². The Morgan fingerprint density at radius 3 is 2.67 bits per heavy atom. The van der Waals surface area contributed by atoms with E-state index in [-0.39, 0.29) is 0 Å². The molecule has 2 aromatic carbocycles. The van der Waals surface area contributed by atoms with Gasteiger partial charge in [-0.1, -0.05) is 30.3 Å². The second-order valence-electron chi connectivity index (χ2n) is 3.95. The summed E-state index contributed by atoms with van der Waals surface area (Å²) in [5.41, 5.74) is 8.59. The number of nitrogens with two attached hydrogens (primary N) is 1. The van der Waals surface area contributed by atoms with Crippen molar-refractivity contribution in [3.63, 3.8) is 0 Å². The van der Waals surface area contributed by atoms with Crippen LogP contribution in [0.5, 0.6) is 5.75 Å². The van der Waals surface area contributed by atoms with E-state index in [1.165, 1.54) is 0 Å². The molecular formula is C14H12N2OS. The highest BCUT2D eigenvalue weighted by Gasteiger charge is 2.09. The number of nitrogen functional groups attached to an aromatic ring is 1. The number of fused-ring (bicyclic) bond motifs is 1. The lowest BCUT2D eigenvalue weighted by Gasteiger charge is -2.02. The van der Waals surface area contributed by atoms with E-state index in [0.29, 0.717) is 11.4 Å². The number of aromatic nitrogens is 1. The van der Waals surface area contributed by atoms with Crippen LogP contribution in [0.25, 0.3) is 20.8 Å². The molecule has 3 rings (SSSR count). The summed E-state index contributed by atoms with van der Waals surface area (Å²) in [5.74, 6) is 0.674. The minimum absolute atomic E-state index is 0.647. The van der Waals surface area contributed by atoms with Crippen LogP contribution in [-0.4, -0.2) is 12.1 Å². The maximum Gasteiger partial charge on any atom is 0.143 e. The van der Waals surface area contributed by atoms with Crippen LogP contribution < -0.4 is 10.5 Å². The molecule has 90 valence electrons. The lowest BCUT2D eigenvalue weighted by molar-refractivity contribution is 0.417. The van der Waals surface area contributed by atoms with E-state index in [4.69, 9.17) is 10.5 Å². The molecule has 0 atom stereocenters. The van der Waals surface area contributed by atoms with Gasteiger partial charge in [0.1, 0.15) is 10.8 Å². The predicted molar refractivity (Wildman–Crippen MR) is 76.0 cm³/mol. The Morgan fingerprint density at radius 2 is 1.94 bits per heavy atom. The van der Waals surface area contributed by atoms with Crippen molar-refractivity contribution in [1.29, 1.82) is 0 Å². The van der Waals surface area contributed by atoms with E-state index in [9.17, 15) is 0 Å². The van der Waals surface area contributed by atoms with Gasteiger partial charge in [-0.25, -0.2) is 4.98 Å². The summed E-state index contributed by atoms with van der Waals surface area (Å²) in [5, 5.41) is 0.998. The van der Waals surface area contributed by atoms with E-state index in [1.807, 2.05) is 30.3 Å². The molecule has 0 aliphatic heterocycles. The summed E-state index contributed by atoms with van der Waals surface area (Å²) < 4.78 is 6.28. The molecule has 0 saturated heterocycles. The third-order valence-corrected chi connectivity index (χ3v) is 3.83. The van der Waals surface area contributed by atoms with Crippen LogP contribution >= 0.6 is 11.3 Å². The zero-order valence-corrected chi connectivity index (χ0v) is 10.7. The Labute approximate surface area is 109 Å². The van der Waals surface area contributed by atoms with Gasteiger partial charge in [0.2, 0.25) is 0 Å². The van der Waals surface area contributed by atoms with Gasteiger partial charge in [0.15, 0.2) is 0 Å². The fourth-order valence-electron chi connectivity index (χ4n) is 1.85. The lowest BCUT2D eigenvalue weighted by atomic mass is 10.2. The van der Waals surface area contributed by atoms with E-state index < -0.39 is 0 Å². The summed E-state index contributed by atoms with van der Waals surface area (Å²) >= 11 is 1.64. The number of ether oxygens (including phenoxy) is 1. The Balaban J connectivity index is 2.17. The van der Waals surface area contributed by atoms with Crippen LogP contribution in [-0.2, 0) is 0 Å². The maximum absolute atomic E-state index is 5.90. The monoisotopic (exact) mass is 256 g/mol. The summed E-state index contributed by atoms with van der Waals surface area (Å²) in [6.45, 7) is 0. The van der Waals surface area contributed by atoms with E-state index in [1.54, 1.807) is 18.4 Å². The van der Waals surface area contributed by atoms with Crippen molar-refractivity contribution in [3.8, 4) is 16.3 Å². The molecule has 1 aromatic heterocycles. The number of thiazole rings is 1. The summed E-state index contributed by atoms with van der Waals surface area (Å²) in [6, 6.07) is 13.9. The molecule has 3 aromatic rings. The first-order valence-electron chi connectivity index (χ1n) is 5.57. The highest BCUT2D eigenvalue weighted by Crippen LogP contribution is 2.34. The first-order valence-corrected chi connectivity index (χ1v) is 6.39. The second kappa shape index (κ2) is 4.31. The second-order valence-corrected chi connectivity index (χ2v) is 4.98. The summed E-state index contributed by atoms with van der Waals surface area (Å²) in [4.78, 5) is 4.62. The van der Waals surface area contributed by atoms with Crippen molar-refractivity contribution in [2.45, 2.75) is 0 Å². The summed E-state index contributed by atoms with van der Waals surface area (Å²) in [6.07, 6.45) is 0. The van der Waals surface area contributed by atoms with Gasteiger partial charge in [-0.15, -0.1) is 11.3 Å². The molecular weight excluding hydrogens is 244 g/mol. The molecule has 0 spiro atoms. The highest BCUT2D eigenvalue weighted by atomic mass is 32.1. The number of rotatable bonds is 2. The maximum atomic E-state index is 5.90. The van der Waals surface area contributed by atoms with Gasteiger partial charge in [-0.3, -0.25) is 0 Å². The number of methoxy groups -OCH3 is 1. The van der Waals surface area contributed by atoms with E-state index >= 15 is 0 Å². The van der Waals surface area contributed by atoms with Gasteiger partial charge >= 0.3 is 0 Å². The molecule has 1 heterocycles. The van der Waals surface area contributed by atoms with Gasteiger partial charge in [-0.05, 0) is 6.07 Å². The number of anilines is 1. The van der Waals surface area contributed by atoms with E-state index in [0.717, 1.165) is 20.8 Å². The van der Waals surface area contributed by atoms with Crippen molar-refractivity contribution >= 4 is 27.2 Å². The largest absolute Gasteiger partial charge is 0.495 e. The molecule has 4 heteroatoms. The van der Waals surface area contributed by atoms with Crippen LogP contribution in [0.4, 0.5) is 5.69 Å². The zero-order valence-electron chi connectivity index (χ0n) is 9.88. The third-order valence-electron chi connectivity index (χ3n) is 2.76. The molecule has 0 unspecified atom stereocenters. The fourth-order valence-corrected chi connectivity index (χ4v) is 2.85. The molecule has 2 N–H and O–H groups in total. The number of benzene rings is 2. The zero-order chi connectivity index (χ0) is 12.5. The molecule has 0 aliphatic rings. The molecule has 3 nitrogen and oxygen atoms in total. The molecule has 0 amide bonds. The minimum Gasteiger partial charge on any atom is -0.495 e. The number of hydrogen-bond acceptors (Lipinski definition) is 4. The van der Waals surface area contributed by atoms with Gasteiger partial charge in [-0.2, -0.15) is 0 Å². The van der Waals surface area contributed by atoms with Crippen molar-refractivity contribution in [2.24, 2.45) is 0 Å². The molecule has 0 saturated carbocycles. The first kappa shape index (κ1) is 11.0. The normalized spacial score (nSPS) is 10.7. The predicted octanol–water partition coefficient (Wildman–Crippen LogP) is 3.55. The summed E-state index contributed by atoms with van der Waals surface area (Å²) in [7, 11) is 1.61. The van der Waals surface area contributed by atoms with Gasteiger partial charge in [0.05, 0.1) is 23.0 Å². The fraction of sp³-hybridized carbons (Fsp3) is 0.0714. The van der Waals surface area contributed by atoms with Crippen LogP contribution in [0.15, 0.2) is 42.5 Å². The molecule has 18 heavy (non-hydrogen) atoms. The Bertz CT molecular complexity index is 692. The average Bonchev–Trinajstić information content (AvgIpc) is 2.81. The Hall–Kier alpha value is -2.07. The molecule has 0 aliphatic carbocycles. The standard InChI is InChI=1S/C14H12N2OS/c1-17-12-8-11-13(7-10(12)15)18-14(16-11)9-5-3-2-4-6-9/h2-8H,15H2,1H3. The van der Waals surface area contributed by atoms with E-state index in [2.05, 4.69) is 17.1 Å². The van der Waals surface area contributed by atoms with Crippen LogP contribution in [0, 0.1) is 0 Å². The average molecular weight is 256 g/mol. The van der Waals surface area contributed by atoms with Crippen LogP contribution in [0.1, 0.15) is 0 Å². The highest BCUT2D eigenvalue weighted by molar-refractivity contribution is 7.21. The topological polar surface area (TPSA) is 48.1 Å². The molecule has 0 fully saturated rings. The van der Waals surface area contributed by atoms with Gasteiger partial charge < -0.3 is 10.5 Å². The van der Waals surface area contributed by atoms with Gasteiger partial charge in [0, 0.05) is 11.6 Å². The van der Waals surface area contributed by atoms with Crippen molar-refractivity contribution in [2.75, 3.05) is 12.8 Å². The SMILES string of the molecule is COc1cc2nc(-c3ccccc3)sc2cc1N. The molecule has 0 radical (unpaired) electrons. The third kappa shape index (κ3) is 1.80. The number of hydrogen-bond donors (Lipinski definition) is 1. The van der Waals surface area contributed by atoms with Crippen LogP contribution in [0.3, 0.4) is 0 Å². The van der Waals surface area contributed by atoms with Crippen molar-refractivity contribution in [3.05, 3.63) is 42.5 Å². The lowest BCUT2D eigenvalue weighted by Crippen LogP contribution is -1.91. The van der Waals surface area contributed by atoms with Crippen LogP contribution in [0.2, 0.25) is 0 Å². The van der Waals surface area contributed by atoms with Gasteiger partial charge in [0.25, 0.3) is 0 Å². The number of nitrogens with zero attached hydrogens (tertiary/aromatic N) is 1. The quantitative estimate of drug-likeness (QED) is 0.713. The Morgan fingerprint density at radius 1 is 1.17 bits per heavy atom. The Kier molecular flexibility index (Phi) is 2.64. The molecule has 0 bridgehead atoms. The van der Waals surface area contributed by atoms with Crippen molar-refractivity contribution < 1.29 is 4.74 Å². The smallest absolute Gasteiger partial charge is 0.143 e. The first-order chi connectivity index (χ1) is 8.78. The minimum atomic E-state index is 0.647.